The Kier molecular flexibility index (Phi) is 2.38. The number of rotatable bonds is 3. The molecule has 2 rings (SSSR count). The van der Waals surface area contributed by atoms with Crippen molar-refractivity contribution in [3.8, 4) is 0 Å². The van der Waals surface area contributed by atoms with Gasteiger partial charge in [-0.3, -0.25) is 4.79 Å². The van der Waals surface area contributed by atoms with Gasteiger partial charge < -0.3 is 5.32 Å². The molecule has 0 amide bonds. The summed E-state index contributed by atoms with van der Waals surface area (Å²) in [6.07, 6.45) is 0. The average Bonchev–Trinajstić information content (AvgIpc) is 2.97. The van der Waals surface area contributed by atoms with Gasteiger partial charge in [0.1, 0.15) is 0 Å². The highest BCUT2D eigenvalue weighted by atomic mass is 16.1. The van der Waals surface area contributed by atoms with Crippen LogP contribution >= 0.6 is 0 Å². The summed E-state index contributed by atoms with van der Waals surface area (Å²) >= 11 is 0. The third-order valence-corrected chi connectivity index (χ3v) is 2.68. The Labute approximate surface area is 84.3 Å². The highest BCUT2D eigenvalue weighted by Crippen LogP contribution is 2.23. The monoisotopic (exact) mass is 189 g/mol. The lowest BCUT2D eigenvalue weighted by atomic mass is 10.0. The molecule has 74 valence electrons. The van der Waals surface area contributed by atoms with Crippen molar-refractivity contribution in [2.24, 2.45) is 5.92 Å². The van der Waals surface area contributed by atoms with Gasteiger partial charge in [0.15, 0.2) is 5.78 Å². The highest BCUT2D eigenvalue weighted by Gasteiger charge is 2.43. The van der Waals surface area contributed by atoms with Crippen LogP contribution in [0.15, 0.2) is 30.3 Å². The van der Waals surface area contributed by atoms with Crippen LogP contribution in [0.25, 0.3) is 0 Å². The molecule has 0 bridgehead atoms. The first kappa shape index (κ1) is 9.41. The molecular formula is C12H15NO. The summed E-state index contributed by atoms with van der Waals surface area (Å²) in [5, 5.41) is 3.22. The number of Topliss-reactive ketones (excluding diaryl/α,β-unsaturated/α-hetero) is 1. The molecule has 1 heterocycles. The average molecular weight is 189 g/mol. The summed E-state index contributed by atoms with van der Waals surface area (Å²) in [5.74, 6) is 0.761. The molecule has 1 saturated heterocycles. The third-order valence-electron chi connectivity index (χ3n) is 2.68. The summed E-state index contributed by atoms with van der Waals surface area (Å²) in [4.78, 5) is 11.9. The zero-order chi connectivity index (χ0) is 10.1. The molecule has 0 radical (unpaired) electrons. The number of hydrogen-bond donors (Lipinski definition) is 1. The topological polar surface area (TPSA) is 39.0 Å². The Bertz CT molecular complexity index is 331. The lowest BCUT2D eigenvalue weighted by molar-refractivity contribution is 0.0986. The van der Waals surface area contributed by atoms with E-state index in [-0.39, 0.29) is 11.8 Å². The fourth-order valence-corrected chi connectivity index (χ4v) is 1.75. The molecule has 1 aromatic carbocycles. The Morgan fingerprint density at radius 1 is 1.29 bits per heavy atom. The van der Waals surface area contributed by atoms with E-state index in [1.807, 2.05) is 30.3 Å². The Balaban J connectivity index is 2.05. The molecular weight excluding hydrogens is 174 g/mol. The fraction of sp³-hybridized carbons (Fsp3) is 0.417. The smallest absolute Gasteiger partial charge is 0.181 e. The van der Waals surface area contributed by atoms with Crippen LogP contribution in [-0.2, 0) is 0 Å². The number of carbonyl (C=O) groups excluding carboxylic acids is 1. The van der Waals surface area contributed by atoms with Crippen LogP contribution in [0.5, 0.6) is 0 Å². The maximum Gasteiger partial charge on any atom is 0.181 e. The van der Waals surface area contributed by atoms with Crippen LogP contribution in [0, 0.1) is 5.92 Å². The van der Waals surface area contributed by atoms with Crippen molar-refractivity contribution in [2.75, 3.05) is 0 Å². The second-order valence-electron chi connectivity index (χ2n) is 4.14. The van der Waals surface area contributed by atoms with Crippen LogP contribution < -0.4 is 5.32 Å². The van der Waals surface area contributed by atoms with Crippen LogP contribution in [0.2, 0.25) is 0 Å². The largest absolute Gasteiger partial charge is 0.301 e. The second-order valence-corrected chi connectivity index (χ2v) is 4.14. The zero-order valence-electron chi connectivity index (χ0n) is 8.53. The maximum atomic E-state index is 11.9. The van der Waals surface area contributed by atoms with Gasteiger partial charge in [0.05, 0.1) is 6.04 Å². The normalized spacial score (nSPS) is 25.1. The standard InChI is InChI=1S/C12H15NO/c1-8(2)10-11(13-10)12(14)9-6-4-3-5-7-9/h3-8,10-11,13H,1-2H3/t10-,11+/m0/s1. The van der Waals surface area contributed by atoms with Crippen molar-refractivity contribution in [1.82, 2.24) is 5.32 Å². The van der Waals surface area contributed by atoms with Crippen molar-refractivity contribution in [1.29, 1.82) is 0 Å². The number of carbonyl (C=O) groups is 1. The van der Waals surface area contributed by atoms with E-state index in [1.54, 1.807) is 0 Å². The van der Waals surface area contributed by atoms with E-state index in [2.05, 4.69) is 19.2 Å². The first-order chi connectivity index (χ1) is 6.70. The Morgan fingerprint density at radius 2 is 1.93 bits per heavy atom. The molecule has 2 nitrogen and oxygen atoms in total. The minimum Gasteiger partial charge on any atom is -0.301 e. The van der Waals surface area contributed by atoms with E-state index in [4.69, 9.17) is 0 Å². The predicted octanol–water partition coefficient (Wildman–Crippen LogP) is 1.87. The number of ketones is 1. The SMILES string of the molecule is CC(C)[C@@H]1N[C@H]1C(=O)c1ccccc1. The number of nitrogens with one attached hydrogen (secondary N) is 1. The molecule has 0 spiro atoms. The van der Waals surface area contributed by atoms with Gasteiger partial charge in [-0.25, -0.2) is 0 Å². The van der Waals surface area contributed by atoms with Gasteiger partial charge in [0, 0.05) is 11.6 Å². The van der Waals surface area contributed by atoms with Gasteiger partial charge in [-0.15, -0.1) is 0 Å². The lowest BCUT2D eigenvalue weighted by Crippen LogP contribution is -2.13. The fourth-order valence-electron chi connectivity index (χ4n) is 1.75. The highest BCUT2D eigenvalue weighted by molar-refractivity contribution is 6.02. The quantitative estimate of drug-likeness (QED) is 0.582. The molecule has 0 unspecified atom stereocenters. The van der Waals surface area contributed by atoms with Gasteiger partial charge in [-0.2, -0.15) is 0 Å². The van der Waals surface area contributed by atoms with E-state index < -0.39 is 0 Å². The first-order valence-corrected chi connectivity index (χ1v) is 5.05. The summed E-state index contributed by atoms with van der Waals surface area (Å²) in [5.41, 5.74) is 0.813. The maximum absolute atomic E-state index is 11.9. The van der Waals surface area contributed by atoms with Crippen LogP contribution in [0.4, 0.5) is 0 Å². The van der Waals surface area contributed by atoms with E-state index in [0.29, 0.717) is 12.0 Å². The Morgan fingerprint density at radius 3 is 2.43 bits per heavy atom. The summed E-state index contributed by atoms with van der Waals surface area (Å²) < 4.78 is 0. The molecule has 2 atom stereocenters. The number of benzene rings is 1. The third kappa shape index (κ3) is 1.70. The molecule has 0 saturated carbocycles. The van der Waals surface area contributed by atoms with Crippen molar-refractivity contribution in [3.05, 3.63) is 35.9 Å². The van der Waals surface area contributed by atoms with Crippen LogP contribution in [0.1, 0.15) is 24.2 Å². The van der Waals surface area contributed by atoms with Crippen LogP contribution in [-0.4, -0.2) is 17.9 Å². The van der Waals surface area contributed by atoms with E-state index >= 15 is 0 Å². The molecule has 0 aliphatic carbocycles. The zero-order valence-corrected chi connectivity index (χ0v) is 8.53. The van der Waals surface area contributed by atoms with E-state index in [1.165, 1.54) is 0 Å². The lowest BCUT2D eigenvalue weighted by Gasteiger charge is -2.00. The van der Waals surface area contributed by atoms with Crippen molar-refractivity contribution in [2.45, 2.75) is 25.9 Å². The van der Waals surface area contributed by atoms with E-state index in [0.717, 1.165) is 5.56 Å². The van der Waals surface area contributed by atoms with Crippen LogP contribution in [0.3, 0.4) is 0 Å². The van der Waals surface area contributed by atoms with Crippen molar-refractivity contribution >= 4 is 5.78 Å². The van der Waals surface area contributed by atoms with Gasteiger partial charge >= 0.3 is 0 Å². The van der Waals surface area contributed by atoms with Crippen molar-refractivity contribution in [3.63, 3.8) is 0 Å². The summed E-state index contributed by atoms with van der Waals surface area (Å²) in [7, 11) is 0. The van der Waals surface area contributed by atoms with Gasteiger partial charge in [0.2, 0.25) is 0 Å². The summed E-state index contributed by atoms with van der Waals surface area (Å²) in [6, 6.07) is 9.91. The van der Waals surface area contributed by atoms with Gasteiger partial charge in [0.25, 0.3) is 0 Å². The first-order valence-electron chi connectivity index (χ1n) is 5.05. The van der Waals surface area contributed by atoms with E-state index in [9.17, 15) is 4.79 Å². The molecule has 0 aromatic heterocycles. The summed E-state index contributed by atoms with van der Waals surface area (Å²) in [6.45, 7) is 4.27. The van der Waals surface area contributed by atoms with Gasteiger partial charge in [-0.1, -0.05) is 44.2 Å². The van der Waals surface area contributed by atoms with Gasteiger partial charge in [-0.05, 0) is 5.92 Å². The second kappa shape index (κ2) is 3.54. The molecule has 1 aromatic rings. The molecule has 1 aliphatic heterocycles. The van der Waals surface area contributed by atoms with Crippen molar-refractivity contribution < 1.29 is 4.79 Å². The number of hydrogen-bond acceptors (Lipinski definition) is 2. The molecule has 1 N–H and O–H groups in total. The minimum absolute atomic E-state index is 0.0531. The molecule has 1 aliphatic rings. The minimum atomic E-state index is 0.0531. The molecule has 2 heteroatoms. The Hall–Kier alpha value is -1.15. The molecule has 14 heavy (non-hydrogen) atoms. The molecule has 1 fully saturated rings. The predicted molar refractivity (Wildman–Crippen MR) is 56.3 cm³/mol.